The number of rotatable bonds is 2. The van der Waals surface area contributed by atoms with E-state index in [4.69, 9.17) is 9.47 Å². The molecule has 0 bridgehead atoms. The van der Waals surface area contributed by atoms with Crippen LogP contribution in [0.25, 0.3) is 0 Å². The van der Waals surface area contributed by atoms with Gasteiger partial charge in [0.25, 0.3) is 0 Å². The lowest BCUT2D eigenvalue weighted by Gasteiger charge is -2.70. The molecule has 1 saturated heterocycles. The van der Waals surface area contributed by atoms with Crippen molar-refractivity contribution in [1.29, 1.82) is 0 Å². The van der Waals surface area contributed by atoms with Gasteiger partial charge in [-0.25, -0.2) is 0 Å². The molecule has 1 aliphatic heterocycles. The Labute approximate surface area is 167 Å². The molecule has 1 heterocycles. The lowest BCUT2D eigenvalue weighted by Crippen LogP contribution is -2.84. The number of hydrogen-bond acceptors (Lipinski definition) is 6. The molecule has 0 aromatic carbocycles. The molecule has 0 amide bonds. The van der Waals surface area contributed by atoms with E-state index in [1.165, 1.54) is 13.0 Å². The largest absolute Gasteiger partial charge is 0.459 e. The van der Waals surface area contributed by atoms with Gasteiger partial charge in [0.15, 0.2) is 11.4 Å². The van der Waals surface area contributed by atoms with E-state index in [1.807, 2.05) is 20.8 Å². The summed E-state index contributed by atoms with van der Waals surface area (Å²) in [5.41, 5.74) is -5.81. The van der Waals surface area contributed by atoms with Crippen molar-refractivity contribution >= 4 is 11.8 Å². The molecule has 158 valence electrons. The third-order valence-electron chi connectivity index (χ3n) is 7.89. The minimum absolute atomic E-state index is 0.0176. The number of fused-ring (bicyclic) bond motifs is 3. The fraction of sp³-hybridized carbons (Fsp3) is 0.818. The van der Waals surface area contributed by atoms with E-state index >= 15 is 0 Å². The summed E-state index contributed by atoms with van der Waals surface area (Å²) in [5.74, 6) is -1.25. The van der Waals surface area contributed by atoms with Gasteiger partial charge in [0, 0.05) is 24.7 Å². The van der Waals surface area contributed by atoms with Crippen LogP contribution < -0.4 is 0 Å². The molecule has 3 aliphatic rings. The highest BCUT2D eigenvalue weighted by atomic mass is 16.6. The first kappa shape index (κ1) is 21.5. The molecule has 28 heavy (non-hydrogen) atoms. The second-order valence-corrected chi connectivity index (χ2v) is 10.3. The number of ketones is 1. The minimum Gasteiger partial charge on any atom is -0.459 e. The van der Waals surface area contributed by atoms with Gasteiger partial charge in [0.05, 0.1) is 5.60 Å². The molecule has 0 aromatic heterocycles. The van der Waals surface area contributed by atoms with Gasteiger partial charge in [-0.1, -0.05) is 33.3 Å². The maximum absolute atomic E-state index is 13.5. The van der Waals surface area contributed by atoms with Gasteiger partial charge in [0.1, 0.15) is 17.8 Å². The summed E-state index contributed by atoms with van der Waals surface area (Å²) in [6, 6.07) is 0. The monoisotopic (exact) mass is 394 g/mol. The highest BCUT2D eigenvalue weighted by Gasteiger charge is 2.79. The number of aliphatic hydroxyl groups is 2. The molecule has 0 aromatic rings. The van der Waals surface area contributed by atoms with Crippen molar-refractivity contribution in [2.45, 2.75) is 96.2 Å². The fourth-order valence-corrected chi connectivity index (χ4v) is 6.71. The molecular weight excluding hydrogens is 360 g/mol. The summed E-state index contributed by atoms with van der Waals surface area (Å²) in [4.78, 5) is 25.4. The summed E-state index contributed by atoms with van der Waals surface area (Å²) < 4.78 is 11.9. The Morgan fingerprint density at radius 3 is 2.39 bits per heavy atom. The summed E-state index contributed by atoms with van der Waals surface area (Å²) in [5, 5.41) is 23.5. The topological polar surface area (TPSA) is 93.1 Å². The lowest BCUT2D eigenvalue weighted by molar-refractivity contribution is -0.357. The quantitative estimate of drug-likeness (QED) is 0.552. The third-order valence-corrected chi connectivity index (χ3v) is 7.89. The van der Waals surface area contributed by atoms with E-state index in [2.05, 4.69) is 6.58 Å². The molecule has 6 heteroatoms. The summed E-state index contributed by atoms with van der Waals surface area (Å²) in [6.45, 7) is 14.3. The van der Waals surface area contributed by atoms with Gasteiger partial charge < -0.3 is 19.7 Å². The van der Waals surface area contributed by atoms with Crippen molar-refractivity contribution < 1.29 is 29.3 Å². The van der Waals surface area contributed by atoms with Gasteiger partial charge in [-0.3, -0.25) is 9.59 Å². The van der Waals surface area contributed by atoms with E-state index in [0.29, 0.717) is 6.42 Å². The minimum atomic E-state index is -1.90. The fourth-order valence-electron chi connectivity index (χ4n) is 6.71. The summed E-state index contributed by atoms with van der Waals surface area (Å²) in [6.07, 6.45) is 1.52. The molecule has 6 nitrogen and oxygen atoms in total. The predicted molar refractivity (Wildman–Crippen MR) is 103 cm³/mol. The number of Topliss-reactive ketones (excluding diaryl/α,β-unsaturated/α-hetero) is 1. The second kappa shape index (κ2) is 6.13. The van der Waals surface area contributed by atoms with Crippen molar-refractivity contribution in [2.24, 2.45) is 16.7 Å². The molecule has 0 unspecified atom stereocenters. The first-order valence-electron chi connectivity index (χ1n) is 10.1. The van der Waals surface area contributed by atoms with Crippen LogP contribution in [-0.4, -0.2) is 51.0 Å². The molecule has 0 spiro atoms. The zero-order valence-corrected chi connectivity index (χ0v) is 17.9. The SMILES string of the molecule is C=C[C@@]1(C)CC(=O)[C@]2(O)[C@@]3(C)CCCC(C)(C)[C@@H]3[C@H](OC(C)=O)[C@H](O)[C@@]2(C)O1. The Kier molecular flexibility index (Phi) is 4.70. The lowest BCUT2D eigenvalue weighted by atomic mass is 9.40. The molecule has 0 radical (unpaired) electrons. The zero-order valence-electron chi connectivity index (χ0n) is 17.9. The van der Waals surface area contributed by atoms with E-state index < -0.39 is 46.3 Å². The Morgan fingerprint density at radius 1 is 1.25 bits per heavy atom. The highest BCUT2D eigenvalue weighted by Crippen LogP contribution is 2.67. The van der Waals surface area contributed by atoms with Crippen molar-refractivity contribution in [3.8, 4) is 0 Å². The van der Waals surface area contributed by atoms with E-state index in [1.54, 1.807) is 13.8 Å². The number of carbonyl (C=O) groups is 2. The zero-order chi connectivity index (χ0) is 21.3. The first-order valence-corrected chi connectivity index (χ1v) is 10.1. The molecule has 2 aliphatic carbocycles. The van der Waals surface area contributed by atoms with Crippen LogP contribution >= 0.6 is 0 Å². The standard InChI is InChI=1S/C22H34O6/c1-8-19(5)12-14(24)22(26)20(6)11-9-10-18(3,4)16(20)15(27-13(2)23)17(25)21(22,7)28-19/h8,15-17,25-26H,1,9-12H2,2-7H3/t15-,16-,17-,19-,20-,21+,22-/m0/s1. The van der Waals surface area contributed by atoms with Gasteiger partial charge in [-0.2, -0.15) is 0 Å². The van der Waals surface area contributed by atoms with Crippen LogP contribution in [-0.2, 0) is 19.1 Å². The smallest absolute Gasteiger partial charge is 0.303 e. The average molecular weight is 395 g/mol. The van der Waals surface area contributed by atoms with Crippen LogP contribution in [0.5, 0.6) is 0 Å². The maximum Gasteiger partial charge on any atom is 0.303 e. The normalized spacial score (nSPS) is 50.3. The van der Waals surface area contributed by atoms with Gasteiger partial charge in [-0.05, 0) is 32.1 Å². The van der Waals surface area contributed by atoms with E-state index in [-0.39, 0.29) is 17.6 Å². The van der Waals surface area contributed by atoms with Crippen LogP contribution in [0.15, 0.2) is 12.7 Å². The summed E-state index contributed by atoms with van der Waals surface area (Å²) >= 11 is 0. The van der Waals surface area contributed by atoms with Crippen LogP contribution in [0.4, 0.5) is 0 Å². The van der Waals surface area contributed by atoms with Crippen LogP contribution in [0.1, 0.15) is 67.2 Å². The molecule has 3 rings (SSSR count). The van der Waals surface area contributed by atoms with Crippen LogP contribution in [0.3, 0.4) is 0 Å². The van der Waals surface area contributed by atoms with Crippen LogP contribution in [0, 0.1) is 16.7 Å². The summed E-state index contributed by atoms with van der Waals surface area (Å²) in [7, 11) is 0. The van der Waals surface area contributed by atoms with Crippen molar-refractivity contribution in [2.75, 3.05) is 0 Å². The van der Waals surface area contributed by atoms with E-state index in [9.17, 15) is 19.8 Å². The number of carbonyl (C=O) groups excluding carboxylic acids is 2. The van der Waals surface area contributed by atoms with E-state index in [0.717, 1.165) is 12.8 Å². The Morgan fingerprint density at radius 2 is 1.86 bits per heavy atom. The predicted octanol–water partition coefficient (Wildman–Crippen LogP) is 2.55. The van der Waals surface area contributed by atoms with Gasteiger partial charge >= 0.3 is 5.97 Å². The molecular formula is C22H34O6. The van der Waals surface area contributed by atoms with Crippen LogP contribution in [0.2, 0.25) is 0 Å². The number of ether oxygens (including phenoxy) is 2. The second-order valence-electron chi connectivity index (χ2n) is 10.3. The van der Waals surface area contributed by atoms with Crippen molar-refractivity contribution in [1.82, 2.24) is 0 Å². The van der Waals surface area contributed by atoms with Gasteiger partial charge in [-0.15, -0.1) is 6.58 Å². The highest BCUT2D eigenvalue weighted by molar-refractivity contribution is 5.92. The maximum atomic E-state index is 13.5. The average Bonchev–Trinajstić information content (AvgIpc) is 2.55. The van der Waals surface area contributed by atoms with Gasteiger partial charge in [0.2, 0.25) is 0 Å². The Hall–Kier alpha value is -1.24. The Balaban J connectivity index is 2.27. The van der Waals surface area contributed by atoms with Crippen molar-refractivity contribution in [3.05, 3.63) is 12.7 Å². The molecule has 2 saturated carbocycles. The first-order chi connectivity index (χ1) is 12.7. The number of esters is 1. The number of hydrogen-bond donors (Lipinski definition) is 2. The van der Waals surface area contributed by atoms with Crippen molar-refractivity contribution in [3.63, 3.8) is 0 Å². The molecule has 7 atom stereocenters. The molecule has 3 fully saturated rings. The molecule has 2 N–H and O–H groups in total. The third kappa shape index (κ3) is 2.50. The Bertz CT molecular complexity index is 716. The number of aliphatic hydroxyl groups excluding tert-OH is 1.